The van der Waals surface area contributed by atoms with Crippen LogP contribution in [0.2, 0.25) is 0 Å². The van der Waals surface area contributed by atoms with Crippen LogP contribution in [0.25, 0.3) is 11.3 Å². The summed E-state index contributed by atoms with van der Waals surface area (Å²) in [6.07, 6.45) is 0. The van der Waals surface area contributed by atoms with E-state index in [9.17, 15) is 4.79 Å². The first-order valence-electron chi connectivity index (χ1n) is 9.82. The van der Waals surface area contributed by atoms with Crippen molar-refractivity contribution in [2.24, 2.45) is 0 Å². The summed E-state index contributed by atoms with van der Waals surface area (Å²) < 4.78 is 5.37. The molecule has 2 heterocycles. The third-order valence-electron chi connectivity index (χ3n) is 5.42. The number of amides is 1. The SMILES string of the molecule is Cc1cccc(C[NH+]2CCN(C(=O)c3c(-c4ccccc4)noc3C)CC2)c1. The topological polar surface area (TPSA) is 50.8 Å². The smallest absolute Gasteiger partial charge is 0.260 e. The Labute approximate surface area is 165 Å². The number of benzene rings is 2. The molecule has 1 fully saturated rings. The summed E-state index contributed by atoms with van der Waals surface area (Å²) >= 11 is 0. The van der Waals surface area contributed by atoms with E-state index < -0.39 is 0 Å². The zero-order valence-corrected chi connectivity index (χ0v) is 16.4. The molecule has 1 amide bonds. The second-order valence-electron chi connectivity index (χ2n) is 7.54. The third kappa shape index (κ3) is 3.85. The van der Waals surface area contributed by atoms with Gasteiger partial charge in [-0.3, -0.25) is 4.79 Å². The van der Waals surface area contributed by atoms with Crippen LogP contribution in [0.3, 0.4) is 0 Å². The molecule has 0 radical (unpaired) electrons. The fraction of sp³-hybridized carbons (Fsp3) is 0.304. The maximum atomic E-state index is 13.2. The molecule has 5 heteroatoms. The molecule has 1 aromatic heterocycles. The lowest BCUT2D eigenvalue weighted by molar-refractivity contribution is -0.917. The van der Waals surface area contributed by atoms with Crippen LogP contribution in [0.15, 0.2) is 59.1 Å². The number of nitrogens with one attached hydrogen (secondary N) is 1. The minimum Gasteiger partial charge on any atom is -0.360 e. The molecule has 28 heavy (non-hydrogen) atoms. The Morgan fingerprint density at radius 2 is 1.82 bits per heavy atom. The first-order valence-corrected chi connectivity index (χ1v) is 9.82. The lowest BCUT2D eigenvalue weighted by Gasteiger charge is -2.32. The van der Waals surface area contributed by atoms with Crippen molar-refractivity contribution in [2.45, 2.75) is 20.4 Å². The van der Waals surface area contributed by atoms with Gasteiger partial charge in [0, 0.05) is 11.1 Å². The Bertz CT molecular complexity index is 957. The van der Waals surface area contributed by atoms with Gasteiger partial charge in [-0.15, -0.1) is 0 Å². The Morgan fingerprint density at radius 1 is 1.07 bits per heavy atom. The number of aryl methyl sites for hydroxylation is 2. The highest BCUT2D eigenvalue weighted by Crippen LogP contribution is 2.26. The number of rotatable bonds is 4. The van der Waals surface area contributed by atoms with Crippen LogP contribution < -0.4 is 4.90 Å². The molecule has 1 aliphatic rings. The number of carbonyl (C=O) groups is 1. The van der Waals surface area contributed by atoms with Crippen LogP contribution in [0.4, 0.5) is 0 Å². The number of hydrogen-bond acceptors (Lipinski definition) is 3. The van der Waals surface area contributed by atoms with Crippen molar-refractivity contribution in [3.63, 3.8) is 0 Å². The molecule has 144 valence electrons. The van der Waals surface area contributed by atoms with Crippen LogP contribution in [0.1, 0.15) is 27.2 Å². The molecule has 2 aromatic carbocycles. The highest BCUT2D eigenvalue weighted by molar-refractivity contribution is 6.00. The van der Waals surface area contributed by atoms with Gasteiger partial charge < -0.3 is 14.3 Å². The van der Waals surface area contributed by atoms with Crippen LogP contribution in [-0.4, -0.2) is 42.1 Å². The quantitative estimate of drug-likeness (QED) is 0.761. The van der Waals surface area contributed by atoms with Gasteiger partial charge in [0.15, 0.2) is 0 Å². The van der Waals surface area contributed by atoms with Crippen LogP contribution in [0, 0.1) is 13.8 Å². The maximum Gasteiger partial charge on any atom is 0.260 e. The highest BCUT2D eigenvalue weighted by atomic mass is 16.5. The molecular weight excluding hydrogens is 350 g/mol. The van der Waals surface area contributed by atoms with E-state index in [1.165, 1.54) is 16.0 Å². The summed E-state index contributed by atoms with van der Waals surface area (Å²) in [6, 6.07) is 18.4. The Balaban J connectivity index is 1.44. The van der Waals surface area contributed by atoms with E-state index in [4.69, 9.17) is 4.52 Å². The standard InChI is InChI=1S/C23H25N3O2/c1-17-7-6-8-19(15-17)16-25-11-13-26(14-12-25)23(27)21-18(2)28-24-22(21)20-9-4-3-5-10-20/h3-10,15H,11-14,16H2,1-2H3/p+1. The molecule has 0 unspecified atom stereocenters. The molecule has 1 saturated heterocycles. The van der Waals surface area contributed by atoms with Crippen molar-refractivity contribution < 1.29 is 14.2 Å². The van der Waals surface area contributed by atoms with Gasteiger partial charge in [0.1, 0.15) is 23.6 Å². The summed E-state index contributed by atoms with van der Waals surface area (Å²) in [5.41, 5.74) is 4.79. The Kier molecular flexibility index (Phi) is 5.26. The molecule has 1 aliphatic heterocycles. The summed E-state index contributed by atoms with van der Waals surface area (Å²) in [4.78, 5) is 16.7. The normalized spacial score (nSPS) is 15.0. The monoisotopic (exact) mass is 376 g/mol. The average molecular weight is 376 g/mol. The van der Waals surface area contributed by atoms with Crippen molar-refractivity contribution in [1.29, 1.82) is 0 Å². The van der Waals surface area contributed by atoms with Gasteiger partial charge in [0.2, 0.25) is 0 Å². The molecule has 0 aliphatic carbocycles. The predicted octanol–water partition coefficient (Wildman–Crippen LogP) is 2.50. The number of piperazine rings is 1. The van der Waals surface area contributed by atoms with Crippen LogP contribution >= 0.6 is 0 Å². The fourth-order valence-electron chi connectivity index (χ4n) is 3.89. The van der Waals surface area contributed by atoms with Crippen molar-refractivity contribution in [3.05, 3.63) is 77.0 Å². The predicted molar refractivity (Wildman–Crippen MR) is 108 cm³/mol. The molecular formula is C23H26N3O2+. The Morgan fingerprint density at radius 3 is 2.54 bits per heavy atom. The van der Waals surface area contributed by atoms with Gasteiger partial charge in [-0.05, 0) is 13.8 Å². The van der Waals surface area contributed by atoms with E-state index in [-0.39, 0.29) is 5.91 Å². The van der Waals surface area contributed by atoms with Crippen LogP contribution in [0.5, 0.6) is 0 Å². The summed E-state index contributed by atoms with van der Waals surface area (Å²) in [6.45, 7) is 8.34. The second kappa shape index (κ2) is 7.98. The van der Waals surface area contributed by atoms with Crippen molar-refractivity contribution >= 4 is 5.91 Å². The Hall–Kier alpha value is -2.92. The van der Waals surface area contributed by atoms with E-state index in [1.807, 2.05) is 42.2 Å². The van der Waals surface area contributed by atoms with Gasteiger partial charge in [-0.25, -0.2) is 0 Å². The molecule has 0 bridgehead atoms. The van der Waals surface area contributed by atoms with Gasteiger partial charge in [-0.1, -0.05) is 65.3 Å². The lowest BCUT2D eigenvalue weighted by atomic mass is 10.0. The van der Waals surface area contributed by atoms with Crippen molar-refractivity contribution in [2.75, 3.05) is 26.2 Å². The number of carbonyl (C=O) groups excluding carboxylic acids is 1. The summed E-state index contributed by atoms with van der Waals surface area (Å²) in [5.74, 6) is 0.602. The highest BCUT2D eigenvalue weighted by Gasteiger charge is 2.29. The largest absolute Gasteiger partial charge is 0.360 e. The summed E-state index contributed by atoms with van der Waals surface area (Å²) in [7, 11) is 0. The zero-order valence-electron chi connectivity index (χ0n) is 16.4. The fourth-order valence-corrected chi connectivity index (χ4v) is 3.89. The van der Waals surface area contributed by atoms with Crippen molar-refractivity contribution in [1.82, 2.24) is 10.1 Å². The van der Waals surface area contributed by atoms with E-state index in [0.29, 0.717) is 17.0 Å². The number of nitrogens with zero attached hydrogens (tertiary/aromatic N) is 2. The first kappa shape index (κ1) is 18.4. The molecule has 4 rings (SSSR count). The summed E-state index contributed by atoms with van der Waals surface area (Å²) in [5, 5.41) is 4.15. The molecule has 3 aromatic rings. The van der Waals surface area contributed by atoms with Gasteiger partial charge >= 0.3 is 0 Å². The molecule has 0 saturated carbocycles. The minimum absolute atomic E-state index is 0.0206. The molecule has 0 atom stereocenters. The number of hydrogen-bond donors (Lipinski definition) is 1. The molecule has 0 spiro atoms. The van der Waals surface area contributed by atoms with E-state index in [1.54, 1.807) is 0 Å². The second-order valence-corrected chi connectivity index (χ2v) is 7.54. The van der Waals surface area contributed by atoms with E-state index >= 15 is 0 Å². The molecule has 5 nitrogen and oxygen atoms in total. The number of aromatic nitrogens is 1. The van der Waals surface area contributed by atoms with Gasteiger partial charge in [0.05, 0.1) is 26.2 Å². The van der Waals surface area contributed by atoms with E-state index in [0.717, 1.165) is 38.3 Å². The molecule has 1 N–H and O–H groups in total. The van der Waals surface area contributed by atoms with E-state index in [2.05, 4.69) is 36.3 Å². The van der Waals surface area contributed by atoms with Gasteiger partial charge in [-0.2, -0.15) is 0 Å². The van der Waals surface area contributed by atoms with Crippen LogP contribution in [-0.2, 0) is 6.54 Å². The average Bonchev–Trinajstić information content (AvgIpc) is 3.10. The minimum atomic E-state index is 0.0206. The lowest BCUT2D eigenvalue weighted by Crippen LogP contribution is -3.13. The number of quaternary nitrogens is 1. The maximum absolute atomic E-state index is 13.2. The third-order valence-corrected chi connectivity index (χ3v) is 5.42. The van der Waals surface area contributed by atoms with Gasteiger partial charge in [0.25, 0.3) is 5.91 Å². The first-order chi connectivity index (χ1) is 13.6. The van der Waals surface area contributed by atoms with Crippen molar-refractivity contribution in [3.8, 4) is 11.3 Å². The zero-order chi connectivity index (χ0) is 19.5.